The van der Waals surface area contributed by atoms with E-state index in [9.17, 15) is 9.59 Å². The molecule has 26 heavy (non-hydrogen) atoms. The molecule has 0 saturated heterocycles. The van der Waals surface area contributed by atoms with E-state index in [4.69, 9.17) is 15.9 Å². The third kappa shape index (κ3) is 6.67. The van der Waals surface area contributed by atoms with Crippen molar-refractivity contribution in [1.29, 1.82) is 0 Å². The number of alkyl carbamates (subject to hydrolysis) is 1. The number of carbonyl (C=O) groups excluding carboxylic acids is 2. The van der Waals surface area contributed by atoms with Gasteiger partial charge in [0.2, 0.25) is 5.91 Å². The van der Waals surface area contributed by atoms with Crippen LogP contribution in [-0.2, 0) is 9.53 Å². The number of nitrogens with zero attached hydrogens (tertiary/aromatic N) is 1. The second-order valence-electron chi connectivity index (χ2n) is 7.25. The van der Waals surface area contributed by atoms with Gasteiger partial charge in [-0.25, -0.2) is 4.79 Å². The second kappa shape index (κ2) is 9.14. The van der Waals surface area contributed by atoms with Gasteiger partial charge in [-0.3, -0.25) is 4.79 Å². The lowest BCUT2D eigenvalue weighted by Crippen LogP contribution is -2.51. The first kappa shape index (κ1) is 21.4. The van der Waals surface area contributed by atoms with Crippen molar-refractivity contribution in [2.75, 3.05) is 18.6 Å². The van der Waals surface area contributed by atoms with Gasteiger partial charge in [-0.2, -0.15) is 0 Å². The number of likely N-dealkylation sites (N-methyl/N-ethyl adjacent to an activating group) is 1. The number of anilines is 1. The van der Waals surface area contributed by atoms with Crippen LogP contribution >= 0.6 is 0 Å². The fourth-order valence-corrected chi connectivity index (χ4v) is 2.17. The van der Waals surface area contributed by atoms with Crippen molar-refractivity contribution >= 4 is 17.7 Å². The minimum absolute atomic E-state index is 0.101. The predicted molar refractivity (Wildman–Crippen MR) is 102 cm³/mol. The summed E-state index contributed by atoms with van der Waals surface area (Å²) < 4.78 is 10.6. The molecule has 1 atom stereocenters. The van der Waals surface area contributed by atoms with E-state index in [-0.39, 0.29) is 18.4 Å². The second-order valence-corrected chi connectivity index (χ2v) is 7.25. The number of rotatable bonds is 6. The molecule has 1 aromatic rings. The molecule has 0 bridgehead atoms. The van der Waals surface area contributed by atoms with Gasteiger partial charge in [0.05, 0.1) is 0 Å². The Morgan fingerprint density at radius 3 is 2.27 bits per heavy atom. The quantitative estimate of drug-likeness (QED) is 0.791. The third-order valence-electron chi connectivity index (χ3n) is 3.48. The summed E-state index contributed by atoms with van der Waals surface area (Å²) in [6.45, 7) is 9.23. The maximum Gasteiger partial charge on any atom is 0.408 e. The first-order valence-corrected chi connectivity index (χ1v) is 8.48. The van der Waals surface area contributed by atoms with Crippen LogP contribution in [0, 0.1) is 18.3 Å². The van der Waals surface area contributed by atoms with Crippen LogP contribution < -0.4 is 15.0 Å². The Balaban J connectivity index is 2.84. The van der Waals surface area contributed by atoms with Crippen LogP contribution in [0.4, 0.5) is 10.5 Å². The number of ether oxygens (including phenoxy) is 2. The van der Waals surface area contributed by atoms with Crippen molar-refractivity contribution in [3.63, 3.8) is 0 Å². The minimum Gasteiger partial charge on any atom is -0.481 e. The van der Waals surface area contributed by atoms with Crippen molar-refractivity contribution in [3.8, 4) is 18.1 Å². The molecule has 0 saturated carbocycles. The normalized spacial score (nSPS) is 12.1. The molecule has 0 spiro atoms. The standard InChI is InChI=1S/C20H28N2O4/c1-8-13-25-16-11-9-15(10-12-16)22(7)18(23)17(14(2)3)21-19(24)26-20(4,5)6/h1,9-12,14,17H,13H2,2-7H3,(H,21,24). The highest BCUT2D eigenvalue weighted by molar-refractivity contribution is 5.98. The number of terminal acetylenes is 1. The number of benzene rings is 1. The molecule has 0 aliphatic carbocycles. The summed E-state index contributed by atoms with van der Waals surface area (Å²) in [5, 5.41) is 2.66. The predicted octanol–water partition coefficient (Wildman–Crippen LogP) is 3.21. The van der Waals surface area contributed by atoms with Crippen molar-refractivity contribution in [3.05, 3.63) is 24.3 Å². The van der Waals surface area contributed by atoms with Gasteiger partial charge >= 0.3 is 6.09 Å². The monoisotopic (exact) mass is 360 g/mol. The van der Waals surface area contributed by atoms with Crippen LogP contribution in [0.2, 0.25) is 0 Å². The molecule has 6 nitrogen and oxygen atoms in total. The van der Waals surface area contributed by atoms with Crippen molar-refractivity contribution in [1.82, 2.24) is 5.32 Å². The Bertz CT molecular complexity index is 654. The fourth-order valence-electron chi connectivity index (χ4n) is 2.17. The lowest BCUT2D eigenvalue weighted by atomic mass is 10.0. The lowest BCUT2D eigenvalue weighted by Gasteiger charge is -2.28. The van der Waals surface area contributed by atoms with E-state index in [2.05, 4.69) is 11.2 Å². The van der Waals surface area contributed by atoms with Crippen LogP contribution in [0.5, 0.6) is 5.75 Å². The Kier molecular flexibility index (Phi) is 7.51. The number of hydrogen-bond donors (Lipinski definition) is 1. The topological polar surface area (TPSA) is 67.9 Å². The smallest absolute Gasteiger partial charge is 0.408 e. The molecule has 0 fully saturated rings. The van der Waals surface area contributed by atoms with E-state index in [1.807, 2.05) is 13.8 Å². The summed E-state index contributed by atoms with van der Waals surface area (Å²) in [6, 6.07) is 6.29. The summed E-state index contributed by atoms with van der Waals surface area (Å²) in [7, 11) is 1.66. The molecule has 2 amide bonds. The van der Waals surface area contributed by atoms with Gasteiger partial charge in [-0.1, -0.05) is 19.8 Å². The molecule has 1 aromatic carbocycles. The van der Waals surface area contributed by atoms with Gasteiger partial charge in [-0.05, 0) is 51.0 Å². The SMILES string of the molecule is C#CCOc1ccc(N(C)C(=O)C(NC(=O)OC(C)(C)C)C(C)C)cc1. The zero-order valence-electron chi connectivity index (χ0n) is 16.3. The molecule has 1 unspecified atom stereocenters. The Morgan fingerprint density at radius 1 is 1.23 bits per heavy atom. The average Bonchev–Trinajstić information content (AvgIpc) is 2.55. The molecule has 0 aliphatic heterocycles. The van der Waals surface area contributed by atoms with E-state index in [0.29, 0.717) is 11.4 Å². The highest BCUT2D eigenvalue weighted by Crippen LogP contribution is 2.20. The van der Waals surface area contributed by atoms with Gasteiger partial charge in [0.15, 0.2) is 0 Å². The zero-order chi connectivity index (χ0) is 19.9. The first-order valence-electron chi connectivity index (χ1n) is 8.48. The molecule has 1 rings (SSSR count). The number of carbonyl (C=O) groups is 2. The van der Waals surface area contributed by atoms with Gasteiger partial charge in [0, 0.05) is 12.7 Å². The van der Waals surface area contributed by atoms with Crippen LogP contribution in [0.1, 0.15) is 34.6 Å². The van der Waals surface area contributed by atoms with Gasteiger partial charge < -0.3 is 19.7 Å². The minimum atomic E-state index is -0.702. The average molecular weight is 360 g/mol. The van der Waals surface area contributed by atoms with Crippen LogP contribution in [0.15, 0.2) is 24.3 Å². The largest absolute Gasteiger partial charge is 0.481 e. The Morgan fingerprint density at radius 2 is 1.81 bits per heavy atom. The number of hydrogen-bond acceptors (Lipinski definition) is 4. The molecule has 0 aromatic heterocycles. The van der Waals surface area contributed by atoms with E-state index in [0.717, 1.165) is 0 Å². The van der Waals surface area contributed by atoms with E-state index in [1.165, 1.54) is 4.90 Å². The summed E-state index contributed by atoms with van der Waals surface area (Å²) in [5.74, 6) is 2.69. The molecule has 142 valence electrons. The van der Waals surface area contributed by atoms with Crippen LogP contribution in [0.25, 0.3) is 0 Å². The molecular weight excluding hydrogens is 332 g/mol. The molecule has 0 heterocycles. The lowest BCUT2D eigenvalue weighted by molar-refractivity contribution is -0.121. The van der Waals surface area contributed by atoms with Crippen molar-refractivity contribution in [2.24, 2.45) is 5.92 Å². The van der Waals surface area contributed by atoms with Gasteiger partial charge in [-0.15, -0.1) is 6.42 Å². The summed E-state index contributed by atoms with van der Waals surface area (Å²) in [6.07, 6.45) is 4.55. The van der Waals surface area contributed by atoms with Gasteiger partial charge in [0.1, 0.15) is 24.0 Å². The highest BCUT2D eigenvalue weighted by atomic mass is 16.6. The number of nitrogens with one attached hydrogen (secondary N) is 1. The third-order valence-corrected chi connectivity index (χ3v) is 3.48. The van der Waals surface area contributed by atoms with E-state index >= 15 is 0 Å². The fraction of sp³-hybridized carbons (Fsp3) is 0.500. The van der Waals surface area contributed by atoms with E-state index in [1.54, 1.807) is 52.1 Å². The maximum atomic E-state index is 12.8. The molecule has 1 N–H and O–H groups in total. The summed E-state index contributed by atoms with van der Waals surface area (Å²) >= 11 is 0. The summed E-state index contributed by atoms with van der Waals surface area (Å²) in [5.41, 5.74) is 0.0501. The summed E-state index contributed by atoms with van der Waals surface area (Å²) in [4.78, 5) is 26.4. The van der Waals surface area contributed by atoms with Crippen molar-refractivity contribution in [2.45, 2.75) is 46.3 Å². The van der Waals surface area contributed by atoms with Crippen LogP contribution in [0.3, 0.4) is 0 Å². The van der Waals surface area contributed by atoms with Crippen molar-refractivity contribution < 1.29 is 19.1 Å². The van der Waals surface area contributed by atoms with Crippen LogP contribution in [-0.4, -0.2) is 37.3 Å². The molecule has 0 radical (unpaired) electrons. The highest BCUT2D eigenvalue weighted by Gasteiger charge is 2.29. The maximum absolute atomic E-state index is 12.8. The zero-order valence-corrected chi connectivity index (χ0v) is 16.3. The molecule has 6 heteroatoms. The molecule has 0 aliphatic rings. The Hall–Kier alpha value is -2.68. The Labute approximate surface area is 155 Å². The first-order chi connectivity index (χ1) is 12.0. The van der Waals surface area contributed by atoms with Gasteiger partial charge in [0.25, 0.3) is 0 Å². The molecular formula is C20H28N2O4. The number of amides is 2. The van der Waals surface area contributed by atoms with E-state index < -0.39 is 17.7 Å².